The molecule has 0 saturated carbocycles. The lowest BCUT2D eigenvalue weighted by atomic mass is 10.1. The van der Waals surface area contributed by atoms with E-state index >= 15 is 0 Å². The number of benzene rings is 2. The summed E-state index contributed by atoms with van der Waals surface area (Å²) in [6, 6.07) is 10.0. The van der Waals surface area contributed by atoms with Crippen LogP contribution in [0.5, 0.6) is 5.75 Å². The molecule has 0 saturated heterocycles. The summed E-state index contributed by atoms with van der Waals surface area (Å²) >= 11 is 0. The molecule has 8 heteroatoms. The van der Waals surface area contributed by atoms with Crippen molar-refractivity contribution in [1.29, 1.82) is 0 Å². The predicted molar refractivity (Wildman–Crippen MR) is 100 cm³/mol. The van der Waals surface area contributed by atoms with Crippen LogP contribution in [0.25, 0.3) is 0 Å². The summed E-state index contributed by atoms with van der Waals surface area (Å²) in [7, 11) is 1.46. The molecule has 0 aliphatic heterocycles. The van der Waals surface area contributed by atoms with Crippen LogP contribution in [0.3, 0.4) is 0 Å². The quantitative estimate of drug-likeness (QED) is 0.790. The number of carbonyl (C=O) groups is 2. The van der Waals surface area contributed by atoms with E-state index in [4.69, 9.17) is 4.74 Å². The third-order valence-corrected chi connectivity index (χ3v) is 4.07. The number of hydrogen-bond acceptors (Lipinski definition) is 3. The Labute approximate surface area is 161 Å². The summed E-state index contributed by atoms with van der Waals surface area (Å²) in [6.07, 6.45) is -4.79. The zero-order valence-electron chi connectivity index (χ0n) is 15.8. The van der Waals surface area contributed by atoms with Crippen LogP contribution in [0, 0.1) is 6.92 Å². The summed E-state index contributed by atoms with van der Waals surface area (Å²) in [5, 5.41) is 2.67. The summed E-state index contributed by atoms with van der Waals surface area (Å²) < 4.78 is 44.9. The van der Waals surface area contributed by atoms with Gasteiger partial charge in [-0.1, -0.05) is 18.2 Å². The van der Waals surface area contributed by atoms with Crippen molar-refractivity contribution < 1.29 is 27.5 Å². The number of nitrogens with zero attached hydrogens (tertiary/aromatic N) is 1. The van der Waals surface area contributed by atoms with E-state index in [9.17, 15) is 22.8 Å². The summed E-state index contributed by atoms with van der Waals surface area (Å²) in [6.45, 7) is 2.82. The number of aryl methyl sites for hydroxylation is 1. The second-order valence-electron chi connectivity index (χ2n) is 6.19. The van der Waals surface area contributed by atoms with Gasteiger partial charge in [-0.2, -0.15) is 13.2 Å². The maximum atomic E-state index is 13.2. The Morgan fingerprint density at radius 3 is 2.43 bits per heavy atom. The van der Waals surface area contributed by atoms with Crippen molar-refractivity contribution in [1.82, 2.24) is 0 Å². The van der Waals surface area contributed by atoms with Gasteiger partial charge in [0.15, 0.2) is 0 Å². The number of hydrogen-bond donors (Lipinski definition) is 1. The van der Waals surface area contributed by atoms with Crippen molar-refractivity contribution in [3.05, 3.63) is 53.6 Å². The van der Waals surface area contributed by atoms with Crippen LogP contribution in [-0.2, 0) is 15.8 Å². The van der Waals surface area contributed by atoms with Gasteiger partial charge >= 0.3 is 6.18 Å². The molecule has 1 N–H and O–H groups in total. The summed E-state index contributed by atoms with van der Waals surface area (Å²) in [5.41, 5.74) is 0.160. The van der Waals surface area contributed by atoms with Crippen LogP contribution >= 0.6 is 0 Å². The molecule has 0 atom stereocenters. The molecule has 0 aliphatic carbocycles. The van der Waals surface area contributed by atoms with Gasteiger partial charge in [0.2, 0.25) is 11.8 Å². The molecule has 0 aliphatic rings. The van der Waals surface area contributed by atoms with E-state index in [-0.39, 0.29) is 18.7 Å². The second-order valence-corrected chi connectivity index (χ2v) is 6.19. The second kappa shape index (κ2) is 8.77. The molecular weight excluding hydrogens is 373 g/mol. The number of amides is 2. The van der Waals surface area contributed by atoms with Gasteiger partial charge in [0.05, 0.1) is 24.0 Å². The Balaban J connectivity index is 2.16. The topological polar surface area (TPSA) is 58.6 Å². The number of alkyl halides is 3. The molecule has 150 valence electrons. The molecule has 2 aromatic rings. The predicted octanol–water partition coefficient (Wildman–Crippen LogP) is 4.40. The number of para-hydroxylation sites is 1. The molecular formula is C20H21F3N2O3. The number of methoxy groups -OCH3 is 1. The highest BCUT2D eigenvalue weighted by Gasteiger charge is 2.35. The zero-order chi connectivity index (χ0) is 20.9. The zero-order valence-corrected chi connectivity index (χ0v) is 15.8. The highest BCUT2D eigenvalue weighted by molar-refractivity contribution is 5.96. The first-order chi connectivity index (χ1) is 13.1. The number of carbonyl (C=O) groups excluding carboxylic acids is 2. The Morgan fingerprint density at radius 1 is 1.14 bits per heavy atom. The first kappa shape index (κ1) is 21.3. The van der Waals surface area contributed by atoms with Crippen LogP contribution in [0.2, 0.25) is 0 Å². The maximum Gasteiger partial charge on any atom is 0.418 e. The first-order valence-corrected chi connectivity index (χ1v) is 8.52. The fourth-order valence-corrected chi connectivity index (χ4v) is 2.74. The number of halogens is 3. The van der Waals surface area contributed by atoms with Crippen LogP contribution in [-0.4, -0.2) is 25.5 Å². The maximum absolute atomic E-state index is 13.2. The van der Waals surface area contributed by atoms with E-state index < -0.39 is 23.6 Å². The smallest absolute Gasteiger partial charge is 0.418 e. The van der Waals surface area contributed by atoms with Gasteiger partial charge < -0.3 is 15.0 Å². The Kier molecular flexibility index (Phi) is 6.66. The summed E-state index contributed by atoms with van der Waals surface area (Å²) in [5.74, 6) is -0.568. The minimum absolute atomic E-state index is 0.178. The molecule has 0 spiro atoms. The monoisotopic (exact) mass is 394 g/mol. The molecule has 28 heavy (non-hydrogen) atoms. The molecule has 2 amide bonds. The van der Waals surface area contributed by atoms with E-state index in [1.54, 1.807) is 12.1 Å². The lowest BCUT2D eigenvalue weighted by molar-refractivity contribution is -0.137. The van der Waals surface area contributed by atoms with Crippen molar-refractivity contribution in [2.45, 2.75) is 26.4 Å². The average molecular weight is 394 g/mol. The van der Waals surface area contributed by atoms with Gasteiger partial charge in [-0.25, -0.2) is 0 Å². The van der Waals surface area contributed by atoms with Gasteiger partial charge in [0.1, 0.15) is 5.75 Å². The van der Waals surface area contributed by atoms with Crippen molar-refractivity contribution in [3.8, 4) is 5.75 Å². The van der Waals surface area contributed by atoms with Gasteiger partial charge in [-0.05, 0) is 36.8 Å². The highest BCUT2D eigenvalue weighted by Crippen LogP contribution is 2.36. The third kappa shape index (κ3) is 5.25. The van der Waals surface area contributed by atoms with Gasteiger partial charge in [0, 0.05) is 19.9 Å². The SMILES string of the molecule is COc1ccc(C)cc1NC(=O)CCN(C(C)=O)c1ccccc1C(F)(F)F. The molecule has 0 unspecified atom stereocenters. The van der Waals surface area contributed by atoms with Crippen LogP contribution in [0.1, 0.15) is 24.5 Å². The summed E-state index contributed by atoms with van der Waals surface area (Å²) in [4.78, 5) is 25.2. The molecule has 0 bridgehead atoms. The molecule has 5 nitrogen and oxygen atoms in total. The van der Waals surface area contributed by atoms with Crippen molar-refractivity contribution >= 4 is 23.2 Å². The van der Waals surface area contributed by atoms with E-state index in [1.807, 2.05) is 13.0 Å². The van der Waals surface area contributed by atoms with E-state index in [0.29, 0.717) is 11.4 Å². The fourth-order valence-electron chi connectivity index (χ4n) is 2.74. The number of ether oxygens (including phenoxy) is 1. The van der Waals surface area contributed by atoms with Crippen LogP contribution in [0.4, 0.5) is 24.5 Å². The lowest BCUT2D eigenvalue weighted by Gasteiger charge is -2.24. The Morgan fingerprint density at radius 2 is 1.82 bits per heavy atom. The third-order valence-electron chi connectivity index (χ3n) is 4.07. The van der Waals surface area contributed by atoms with Gasteiger partial charge in [-0.15, -0.1) is 0 Å². The standard InChI is InChI=1S/C20H21F3N2O3/c1-13-8-9-18(28-3)16(12-13)24-19(27)10-11-25(14(2)26)17-7-5-4-6-15(17)20(21,22)23/h4-9,12H,10-11H2,1-3H3,(H,24,27). The average Bonchev–Trinajstić information content (AvgIpc) is 2.61. The Bertz CT molecular complexity index is 866. The number of rotatable bonds is 6. The van der Waals surface area contributed by atoms with E-state index in [0.717, 1.165) is 23.5 Å². The molecule has 0 fully saturated rings. The molecule has 0 aromatic heterocycles. The molecule has 2 aromatic carbocycles. The van der Waals surface area contributed by atoms with Crippen LogP contribution in [0.15, 0.2) is 42.5 Å². The van der Waals surface area contributed by atoms with Gasteiger partial charge in [-0.3, -0.25) is 9.59 Å². The normalized spacial score (nSPS) is 11.1. The Hall–Kier alpha value is -3.03. The van der Waals surface area contributed by atoms with Crippen LogP contribution < -0.4 is 15.0 Å². The molecule has 0 heterocycles. The molecule has 2 rings (SSSR count). The number of anilines is 2. The fraction of sp³-hybridized carbons (Fsp3) is 0.300. The van der Waals surface area contributed by atoms with E-state index in [2.05, 4.69) is 5.32 Å². The van der Waals surface area contributed by atoms with Crippen molar-refractivity contribution in [2.75, 3.05) is 23.9 Å². The van der Waals surface area contributed by atoms with E-state index in [1.165, 1.54) is 25.3 Å². The minimum atomic E-state index is -4.61. The first-order valence-electron chi connectivity index (χ1n) is 8.52. The van der Waals surface area contributed by atoms with Gasteiger partial charge in [0.25, 0.3) is 0 Å². The highest BCUT2D eigenvalue weighted by atomic mass is 19.4. The van der Waals surface area contributed by atoms with Crippen molar-refractivity contribution in [2.24, 2.45) is 0 Å². The van der Waals surface area contributed by atoms with Crippen molar-refractivity contribution in [3.63, 3.8) is 0 Å². The minimum Gasteiger partial charge on any atom is -0.495 e. The number of nitrogens with one attached hydrogen (secondary N) is 1. The lowest BCUT2D eigenvalue weighted by Crippen LogP contribution is -2.33. The molecule has 0 radical (unpaired) electrons. The largest absolute Gasteiger partial charge is 0.495 e.